The Morgan fingerprint density at radius 2 is 1.91 bits per heavy atom. The van der Waals surface area contributed by atoms with Gasteiger partial charge in [0.25, 0.3) is 5.69 Å². The van der Waals surface area contributed by atoms with E-state index in [1.54, 1.807) is 6.92 Å². The Hall–Kier alpha value is -3.09. The van der Waals surface area contributed by atoms with Crippen molar-refractivity contribution >= 4 is 23.0 Å². The number of carbonyl (C=O) groups is 1. The minimum atomic E-state index is -0.520. The minimum Gasteiger partial charge on any atom is -0.494 e. The number of nitro groups is 1. The van der Waals surface area contributed by atoms with Crippen molar-refractivity contribution in [2.24, 2.45) is 0 Å². The van der Waals surface area contributed by atoms with Crippen molar-refractivity contribution in [3.8, 4) is 5.75 Å². The van der Waals surface area contributed by atoms with Crippen LogP contribution in [0, 0.1) is 10.1 Å². The number of nitro benzene ring substituents is 1. The van der Waals surface area contributed by atoms with Gasteiger partial charge in [-0.15, -0.1) is 0 Å². The molecule has 1 amide bonds. The number of amides is 1. The van der Waals surface area contributed by atoms with Gasteiger partial charge in [-0.2, -0.15) is 0 Å². The first-order valence-corrected chi connectivity index (χ1v) is 6.96. The maximum Gasteiger partial charge on any atom is 0.273 e. The SMILES string of the molecule is COc1cc([N+](=O)[O-])ccc1NC(=O)[C@@H](C)Nc1ccccc1. The van der Waals surface area contributed by atoms with Gasteiger partial charge in [0, 0.05) is 11.8 Å². The normalized spacial score (nSPS) is 11.4. The van der Waals surface area contributed by atoms with Gasteiger partial charge in [-0.05, 0) is 25.1 Å². The summed E-state index contributed by atoms with van der Waals surface area (Å²) in [5, 5.41) is 16.5. The lowest BCUT2D eigenvalue weighted by atomic mass is 10.2. The van der Waals surface area contributed by atoms with Crippen LogP contribution in [0.3, 0.4) is 0 Å². The lowest BCUT2D eigenvalue weighted by Crippen LogP contribution is -2.31. The van der Waals surface area contributed by atoms with Crippen LogP contribution in [-0.4, -0.2) is 24.0 Å². The molecular weight excluding hydrogens is 298 g/mol. The lowest BCUT2D eigenvalue weighted by Gasteiger charge is -2.16. The van der Waals surface area contributed by atoms with E-state index >= 15 is 0 Å². The maximum absolute atomic E-state index is 12.2. The summed E-state index contributed by atoms with van der Waals surface area (Å²) in [6, 6.07) is 12.9. The van der Waals surface area contributed by atoms with Crippen LogP contribution < -0.4 is 15.4 Å². The largest absolute Gasteiger partial charge is 0.494 e. The molecule has 1 atom stereocenters. The van der Waals surface area contributed by atoms with Crippen molar-refractivity contribution < 1.29 is 14.5 Å². The summed E-state index contributed by atoms with van der Waals surface area (Å²) in [5.41, 5.74) is 1.10. The molecule has 0 heterocycles. The highest BCUT2D eigenvalue weighted by molar-refractivity contribution is 5.97. The first-order chi connectivity index (χ1) is 11.0. The Morgan fingerprint density at radius 3 is 2.52 bits per heavy atom. The number of benzene rings is 2. The Bertz CT molecular complexity index is 704. The van der Waals surface area contributed by atoms with Crippen LogP contribution in [0.2, 0.25) is 0 Å². The summed E-state index contributed by atoms with van der Waals surface area (Å²) >= 11 is 0. The summed E-state index contributed by atoms with van der Waals surface area (Å²) in [6.07, 6.45) is 0. The van der Waals surface area contributed by atoms with E-state index in [1.165, 1.54) is 25.3 Å². The van der Waals surface area contributed by atoms with E-state index in [0.717, 1.165) is 5.69 Å². The first kappa shape index (κ1) is 16.3. The van der Waals surface area contributed by atoms with Crippen molar-refractivity contribution in [3.05, 3.63) is 58.6 Å². The fraction of sp³-hybridized carbons (Fsp3) is 0.188. The number of non-ortho nitro benzene ring substituents is 1. The Morgan fingerprint density at radius 1 is 1.22 bits per heavy atom. The van der Waals surface area contributed by atoms with Crippen LogP contribution in [0.15, 0.2) is 48.5 Å². The number of rotatable bonds is 6. The van der Waals surface area contributed by atoms with E-state index in [4.69, 9.17) is 4.74 Å². The smallest absolute Gasteiger partial charge is 0.273 e. The molecule has 0 aliphatic carbocycles. The molecule has 0 aliphatic heterocycles. The zero-order valence-electron chi connectivity index (χ0n) is 12.8. The van der Waals surface area contributed by atoms with Gasteiger partial charge < -0.3 is 15.4 Å². The molecular formula is C16H17N3O4. The van der Waals surface area contributed by atoms with Crippen molar-refractivity contribution in [3.63, 3.8) is 0 Å². The monoisotopic (exact) mass is 315 g/mol. The number of hydrogen-bond acceptors (Lipinski definition) is 5. The zero-order valence-corrected chi connectivity index (χ0v) is 12.8. The van der Waals surface area contributed by atoms with Gasteiger partial charge in [0.2, 0.25) is 5.91 Å². The predicted molar refractivity (Wildman–Crippen MR) is 87.8 cm³/mol. The van der Waals surface area contributed by atoms with Crippen LogP contribution in [0.5, 0.6) is 5.75 Å². The van der Waals surface area contributed by atoms with Crippen LogP contribution in [-0.2, 0) is 4.79 Å². The molecule has 0 saturated heterocycles. The van der Waals surface area contributed by atoms with E-state index in [0.29, 0.717) is 5.69 Å². The van der Waals surface area contributed by atoms with Gasteiger partial charge >= 0.3 is 0 Å². The number of ether oxygens (including phenoxy) is 1. The second-order valence-electron chi connectivity index (χ2n) is 4.86. The van der Waals surface area contributed by atoms with Crippen molar-refractivity contribution in [1.82, 2.24) is 0 Å². The van der Waals surface area contributed by atoms with Crippen LogP contribution >= 0.6 is 0 Å². The molecule has 2 rings (SSSR count). The molecule has 0 aromatic heterocycles. The summed E-state index contributed by atoms with van der Waals surface area (Å²) < 4.78 is 5.10. The van der Waals surface area contributed by atoms with Gasteiger partial charge in [-0.3, -0.25) is 14.9 Å². The van der Waals surface area contributed by atoms with Crippen molar-refractivity contribution in [1.29, 1.82) is 0 Å². The summed E-state index contributed by atoms with van der Waals surface area (Å²) in [6.45, 7) is 1.72. The molecule has 23 heavy (non-hydrogen) atoms. The summed E-state index contributed by atoms with van der Waals surface area (Å²) in [4.78, 5) is 22.5. The Kier molecular flexibility index (Phi) is 5.14. The minimum absolute atomic E-state index is 0.102. The highest BCUT2D eigenvalue weighted by Crippen LogP contribution is 2.29. The number of hydrogen-bond donors (Lipinski definition) is 2. The molecule has 7 nitrogen and oxygen atoms in total. The highest BCUT2D eigenvalue weighted by atomic mass is 16.6. The molecule has 2 aromatic carbocycles. The second-order valence-corrected chi connectivity index (χ2v) is 4.86. The van der Waals surface area contributed by atoms with E-state index in [2.05, 4.69) is 10.6 Å². The highest BCUT2D eigenvalue weighted by Gasteiger charge is 2.17. The average Bonchev–Trinajstić information content (AvgIpc) is 2.55. The third kappa shape index (κ3) is 4.19. The van der Waals surface area contributed by atoms with E-state index in [1.807, 2.05) is 30.3 Å². The molecule has 0 spiro atoms. The number of para-hydroxylation sites is 1. The van der Waals surface area contributed by atoms with Crippen LogP contribution in [0.4, 0.5) is 17.1 Å². The molecule has 2 N–H and O–H groups in total. The number of nitrogens with one attached hydrogen (secondary N) is 2. The van der Waals surface area contributed by atoms with Gasteiger partial charge in [0.05, 0.1) is 23.8 Å². The molecule has 0 unspecified atom stereocenters. The summed E-state index contributed by atoms with van der Waals surface area (Å²) in [7, 11) is 1.39. The standard InChI is InChI=1S/C16H17N3O4/c1-11(17-12-6-4-3-5-7-12)16(20)18-14-9-8-13(19(21)22)10-15(14)23-2/h3-11,17H,1-2H3,(H,18,20)/t11-/m1/s1. The van der Waals surface area contributed by atoms with E-state index < -0.39 is 11.0 Å². The number of anilines is 2. The fourth-order valence-electron chi connectivity index (χ4n) is 1.99. The van der Waals surface area contributed by atoms with E-state index in [-0.39, 0.29) is 17.3 Å². The molecule has 2 aromatic rings. The molecule has 0 bridgehead atoms. The number of methoxy groups -OCH3 is 1. The Balaban J connectivity index is 2.08. The van der Waals surface area contributed by atoms with Gasteiger partial charge in [0.1, 0.15) is 11.8 Å². The van der Waals surface area contributed by atoms with Crippen LogP contribution in [0.25, 0.3) is 0 Å². The third-order valence-corrected chi connectivity index (χ3v) is 3.20. The third-order valence-electron chi connectivity index (χ3n) is 3.20. The number of carbonyl (C=O) groups excluding carboxylic acids is 1. The molecule has 7 heteroatoms. The predicted octanol–water partition coefficient (Wildman–Crippen LogP) is 3.04. The summed E-state index contributed by atoms with van der Waals surface area (Å²) in [5.74, 6) is -0.0412. The maximum atomic E-state index is 12.2. The molecule has 0 fully saturated rings. The molecule has 120 valence electrons. The van der Waals surface area contributed by atoms with Gasteiger partial charge in [0.15, 0.2) is 0 Å². The average molecular weight is 315 g/mol. The lowest BCUT2D eigenvalue weighted by molar-refractivity contribution is -0.384. The van der Waals surface area contributed by atoms with E-state index in [9.17, 15) is 14.9 Å². The molecule has 0 radical (unpaired) electrons. The van der Waals surface area contributed by atoms with Crippen molar-refractivity contribution in [2.45, 2.75) is 13.0 Å². The van der Waals surface area contributed by atoms with Gasteiger partial charge in [-0.25, -0.2) is 0 Å². The zero-order chi connectivity index (χ0) is 16.8. The first-order valence-electron chi connectivity index (χ1n) is 6.96. The van der Waals surface area contributed by atoms with Crippen LogP contribution in [0.1, 0.15) is 6.92 Å². The van der Waals surface area contributed by atoms with Crippen molar-refractivity contribution in [2.75, 3.05) is 17.7 Å². The second kappa shape index (κ2) is 7.26. The number of nitrogens with zero attached hydrogens (tertiary/aromatic N) is 1. The quantitative estimate of drug-likeness (QED) is 0.631. The molecule has 0 aliphatic rings. The van der Waals surface area contributed by atoms with Gasteiger partial charge in [-0.1, -0.05) is 18.2 Å². The molecule has 0 saturated carbocycles. The Labute approximate surface area is 133 Å². The topological polar surface area (TPSA) is 93.5 Å². The fourth-order valence-corrected chi connectivity index (χ4v) is 1.99.